The summed E-state index contributed by atoms with van der Waals surface area (Å²) in [4.78, 5) is 31.4. The molecule has 5 nitrogen and oxygen atoms in total. The van der Waals surface area contributed by atoms with Crippen molar-refractivity contribution in [2.75, 3.05) is 0 Å². The van der Waals surface area contributed by atoms with Crippen LogP contribution in [0.2, 0.25) is 0 Å². The Morgan fingerprint density at radius 3 is 1.62 bits per heavy atom. The molecule has 0 bridgehead atoms. The third kappa shape index (κ3) is 5.48. The number of benzene rings is 2. The highest BCUT2D eigenvalue weighted by Gasteiger charge is 2.11. The van der Waals surface area contributed by atoms with E-state index in [-0.39, 0.29) is 0 Å². The predicted octanol–water partition coefficient (Wildman–Crippen LogP) is 1.25. The van der Waals surface area contributed by atoms with E-state index in [0.29, 0.717) is 17.4 Å². The Balaban J connectivity index is 0.000000211. The molecule has 2 aromatic rings. The average Bonchev–Trinajstić information content (AvgIpc) is 2.55. The van der Waals surface area contributed by atoms with E-state index in [9.17, 15) is 14.4 Å². The van der Waals surface area contributed by atoms with Crippen LogP contribution in [-0.2, 0) is 4.79 Å². The first-order chi connectivity index (χ1) is 10.1. The predicted molar refractivity (Wildman–Crippen MR) is 75.8 cm³/mol. The Labute approximate surface area is 121 Å². The quantitative estimate of drug-likeness (QED) is 0.382. The highest BCUT2D eigenvalue weighted by Crippen LogP contribution is 2.01. The molecule has 2 rings (SSSR count). The van der Waals surface area contributed by atoms with Crippen molar-refractivity contribution in [2.24, 2.45) is 0 Å². The molecule has 2 aromatic carbocycles. The van der Waals surface area contributed by atoms with Crippen LogP contribution in [0.4, 0.5) is 0 Å². The summed E-state index contributed by atoms with van der Waals surface area (Å²) in [6.45, 7) is 0. The Bertz CT molecular complexity index is 591. The number of hydrogen-bond acceptors (Lipinski definition) is 5. The lowest BCUT2D eigenvalue weighted by Crippen LogP contribution is -2.18. The lowest BCUT2D eigenvalue weighted by atomic mass is 10.1. The molecule has 5 heteroatoms. The number of Topliss-reactive ketones (excluding diaryl/α,β-unsaturated/α-hetero) is 2. The van der Waals surface area contributed by atoms with E-state index in [0.717, 1.165) is 0 Å². The minimum atomic E-state index is -1.91. The van der Waals surface area contributed by atoms with E-state index >= 15 is 0 Å². The molecule has 0 aliphatic heterocycles. The number of ketones is 2. The van der Waals surface area contributed by atoms with Crippen molar-refractivity contribution in [3.05, 3.63) is 71.8 Å². The zero-order valence-corrected chi connectivity index (χ0v) is 11.0. The monoisotopic (exact) mass is 286 g/mol. The van der Waals surface area contributed by atoms with Crippen LogP contribution in [0.3, 0.4) is 0 Å². The van der Waals surface area contributed by atoms with Gasteiger partial charge in [0.05, 0.1) is 0 Å². The normalized spacial score (nSPS) is 9.48. The molecule has 0 heterocycles. The lowest BCUT2D eigenvalue weighted by molar-refractivity contribution is -0.104. The maximum Gasteiger partial charge on any atom is 0.225 e. The highest BCUT2D eigenvalue weighted by molar-refractivity contribution is 6.33. The molecule has 0 amide bonds. The number of carbonyl (C=O) groups is 3. The summed E-state index contributed by atoms with van der Waals surface area (Å²) in [5.74, 6) is -1.15. The van der Waals surface area contributed by atoms with Gasteiger partial charge < -0.3 is 10.2 Å². The van der Waals surface area contributed by atoms with Crippen molar-refractivity contribution in [1.29, 1.82) is 0 Å². The van der Waals surface area contributed by atoms with Gasteiger partial charge in [-0.3, -0.25) is 14.4 Å². The molecule has 2 N–H and O–H groups in total. The van der Waals surface area contributed by atoms with Gasteiger partial charge in [0.25, 0.3) is 0 Å². The van der Waals surface area contributed by atoms with E-state index in [2.05, 4.69) is 0 Å². The Hall–Kier alpha value is -2.63. The summed E-state index contributed by atoms with van der Waals surface area (Å²) < 4.78 is 0. The molecule has 0 aliphatic carbocycles. The van der Waals surface area contributed by atoms with E-state index in [1.807, 2.05) is 0 Å². The molecule has 0 aliphatic rings. The Kier molecular flexibility index (Phi) is 6.67. The van der Waals surface area contributed by atoms with Crippen LogP contribution in [0.15, 0.2) is 60.7 Å². The molecule has 0 radical (unpaired) electrons. The van der Waals surface area contributed by atoms with Crippen LogP contribution in [0.25, 0.3) is 0 Å². The summed E-state index contributed by atoms with van der Waals surface area (Å²) in [7, 11) is 0. The Morgan fingerprint density at radius 1 is 0.810 bits per heavy atom. The van der Waals surface area contributed by atoms with Gasteiger partial charge in [-0.05, 0) is 0 Å². The van der Waals surface area contributed by atoms with Crippen LogP contribution < -0.4 is 0 Å². The molecule has 108 valence electrons. The molecule has 0 saturated carbocycles. The second-order valence-corrected chi connectivity index (χ2v) is 3.95. The van der Waals surface area contributed by atoms with Crippen LogP contribution in [0, 0.1) is 0 Å². The van der Waals surface area contributed by atoms with Gasteiger partial charge in [0.1, 0.15) is 0 Å². The molecule has 0 unspecified atom stereocenters. The van der Waals surface area contributed by atoms with Crippen LogP contribution in [-0.4, -0.2) is 34.4 Å². The van der Waals surface area contributed by atoms with E-state index in [4.69, 9.17) is 10.2 Å². The van der Waals surface area contributed by atoms with Gasteiger partial charge in [0.15, 0.2) is 6.29 Å². The van der Waals surface area contributed by atoms with Gasteiger partial charge in [0.2, 0.25) is 17.9 Å². The van der Waals surface area contributed by atoms with Crippen molar-refractivity contribution < 1.29 is 24.6 Å². The first kappa shape index (κ1) is 16.4. The van der Waals surface area contributed by atoms with Crippen LogP contribution in [0.1, 0.15) is 20.7 Å². The average molecular weight is 286 g/mol. The molecule has 0 atom stereocenters. The fraction of sp³-hybridized carbons (Fsp3) is 0.0625. The molecular formula is C16H14O5. The van der Waals surface area contributed by atoms with Crippen molar-refractivity contribution in [2.45, 2.75) is 6.29 Å². The third-order valence-electron chi connectivity index (χ3n) is 2.46. The summed E-state index contributed by atoms with van der Waals surface area (Å²) in [5, 5.41) is 17.0. The topological polar surface area (TPSA) is 91.7 Å². The molecule has 0 saturated heterocycles. The zero-order chi connectivity index (χ0) is 15.7. The standard InChI is InChI=1S/C8H8O3.C8H6O2/c9-7(8(10)11)6-4-2-1-3-5-6;9-6-8(10)7-4-2-1-3-5-7/h1-5,8,10-11H;1-6H. The van der Waals surface area contributed by atoms with Gasteiger partial charge >= 0.3 is 0 Å². The van der Waals surface area contributed by atoms with Crippen molar-refractivity contribution >= 4 is 17.9 Å². The summed E-state index contributed by atoms with van der Waals surface area (Å²) in [6, 6.07) is 16.6. The maximum atomic E-state index is 10.8. The van der Waals surface area contributed by atoms with Crippen molar-refractivity contribution in [1.82, 2.24) is 0 Å². The number of aliphatic hydroxyl groups is 2. The fourth-order valence-corrected chi connectivity index (χ4v) is 1.42. The summed E-state index contributed by atoms with van der Waals surface area (Å²) in [5.41, 5.74) is 0.750. The smallest absolute Gasteiger partial charge is 0.225 e. The van der Waals surface area contributed by atoms with Crippen molar-refractivity contribution in [3.8, 4) is 0 Å². The lowest BCUT2D eigenvalue weighted by Gasteiger charge is -2.00. The number of rotatable bonds is 4. The first-order valence-electron chi connectivity index (χ1n) is 6.06. The number of aldehydes is 1. The van der Waals surface area contributed by atoms with Crippen molar-refractivity contribution in [3.63, 3.8) is 0 Å². The number of carbonyl (C=O) groups excluding carboxylic acids is 3. The second kappa shape index (κ2) is 8.52. The van der Waals surface area contributed by atoms with Crippen LogP contribution >= 0.6 is 0 Å². The molecule has 0 fully saturated rings. The second-order valence-electron chi connectivity index (χ2n) is 3.95. The largest absolute Gasteiger partial charge is 0.362 e. The first-order valence-corrected chi connectivity index (χ1v) is 6.06. The minimum absolute atomic E-state index is 0.308. The maximum absolute atomic E-state index is 10.8. The SMILES string of the molecule is O=C(c1ccccc1)C(O)O.O=CC(=O)c1ccccc1. The third-order valence-corrected chi connectivity index (χ3v) is 2.46. The Morgan fingerprint density at radius 2 is 1.24 bits per heavy atom. The van der Waals surface area contributed by atoms with E-state index < -0.39 is 17.9 Å². The fourth-order valence-electron chi connectivity index (χ4n) is 1.42. The van der Waals surface area contributed by atoms with E-state index in [1.165, 1.54) is 12.1 Å². The summed E-state index contributed by atoms with van der Waals surface area (Å²) >= 11 is 0. The van der Waals surface area contributed by atoms with Gasteiger partial charge in [-0.25, -0.2) is 0 Å². The minimum Gasteiger partial charge on any atom is -0.362 e. The van der Waals surface area contributed by atoms with Gasteiger partial charge in [-0.2, -0.15) is 0 Å². The number of hydrogen-bond donors (Lipinski definition) is 2. The number of aliphatic hydroxyl groups excluding tert-OH is 1. The summed E-state index contributed by atoms with van der Waals surface area (Å²) in [6.07, 6.45) is -1.59. The van der Waals surface area contributed by atoms with Gasteiger partial charge in [0, 0.05) is 11.1 Å². The zero-order valence-electron chi connectivity index (χ0n) is 11.0. The van der Waals surface area contributed by atoms with Crippen LogP contribution in [0.5, 0.6) is 0 Å². The molecule has 21 heavy (non-hydrogen) atoms. The molecule has 0 spiro atoms. The van der Waals surface area contributed by atoms with Gasteiger partial charge in [-0.15, -0.1) is 0 Å². The molecular weight excluding hydrogens is 272 g/mol. The van der Waals surface area contributed by atoms with E-state index in [1.54, 1.807) is 48.5 Å². The molecule has 0 aromatic heterocycles. The van der Waals surface area contributed by atoms with Gasteiger partial charge in [-0.1, -0.05) is 60.7 Å². The highest BCUT2D eigenvalue weighted by atomic mass is 16.5.